The van der Waals surface area contributed by atoms with Crippen LogP contribution in [-0.2, 0) is 4.79 Å². The molecule has 0 spiro atoms. The Morgan fingerprint density at radius 3 is 2.25 bits per heavy atom. The van der Waals surface area contributed by atoms with Crippen molar-refractivity contribution in [1.29, 1.82) is 0 Å². The Morgan fingerprint density at radius 1 is 1.20 bits per heavy atom. The van der Waals surface area contributed by atoms with Crippen LogP contribution in [0.15, 0.2) is 24.3 Å². The zero-order valence-corrected chi connectivity index (χ0v) is 12.2. The highest BCUT2D eigenvalue weighted by Gasteiger charge is 2.43. The van der Waals surface area contributed by atoms with Crippen LogP contribution < -0.4 is 0 Å². The minimum atomic E-state index is -0.664. The Kier molecular flexibility index (Phi) is 3.55. The minimum absolute atomic E-state index is 0.281. The van der Waals surface area contributed by atoms with Gasteiger partial charge in [0.05, 0.1) is 5.92 Å². The molecule has 3 rings (SSSR count). The number of fused-ring (bicyclic) bond motifs is 2. The second kappa shape index (κ2) is 5.21. The minimum Gasteiger partial charge on any atom is -0.481 e. The molecule has 0 amide bonds. The predicted octanol–water partition coefficient (Wildman–Crippen LogP) is 3.04. The van der Waals surface area contributed by atoms with Crippen molar-refractivity contribution in [3.63, 3.8) is 0 Å². The van der Waals surface area contributed by atoms with Crippen molar-refractivity contribution in [3.05, 3.63) is 35.4 Å². The summed E-state index contributed by atoms with van der Waals surface area (Å²) in [5.41, 5.74) is 2.15. The number of rotatable bonds is 3. The molecular formula is C17H23NO2. The molecule has 2 aliphatic heterocycles. The van der Waals surface area contributed by atoms with Crippen molar-refractivity contribution in [2.75, 3.05) is 7.05 Å². The number of aryl methyl sites for hydroxylation is 1. The van der Waals surface area contributed by atoms with E-state index in [4.69, 9.17) is 0 Å². The van der Waals surface area contributed by atoms with Crippen LogP contribution in [0.4, 0.5) is 0 Å². The summed E-state index contributed by atoms with van der Waals surface area (Å²) in [4.78, 5) is 14.2. The van der Waals surface area contributed by atoms with Crippen LogP contribution >= 0.6 is 0 Å². The fraction of sp³-hybridized carbons (Fsp3) is 0.588. The molecule has 1 unspecified atom stereocenters. The number of carboxylic acids is 1. The average molecular weight is 273 g/mol. The zero-order valence-electron chi connectivity index (χ0n) is 12.2. The smallest absolute Gasteiger partial charge is 0.311 e. The third-order valence-electron chi connectivity index (χ3n) is 5.31. The van der Waals surface area contributed by atoms with Gasteiger partial charge in [0.1, 0.15) is 0 Å². The second-order valence-corrected chi connectivity index (χ2v) is 6.51. The second-order valence-electron chi connectivity index (χ2n) is 6.51. The molecule has 2 saturated heterocycles. The predicted molar refractivity (Wildman–Crippen MR) is 78.9 cm³/mol. The Bertz CT molecular complexity index is 482. The van der Waals surface area contributed by atoms with Crippen LogP contribution in [-0.4, -0.2) is 35.1 Å². The van der Waals surface area contributed by atoms with E-state index in [9.17, 15) is 9.90 Å². The normalized spacial score (nSPS) is 31.2. The molecule has 0 radical (unpaired) electrons. The molecular weight excluding hydrogens is 250 g/mol. The third-order valence-corrected chi connectivity index (χ3v) is 5.31. The molecule has 0 saturated carbocycles. The van der Waals surface area contributed by atoms with Crippen LogP contribution in [0.3, 0.4) is 0 Å². The molecule has 2 heterocycles. The molecule has 0 aliphatic carbocycles. The average Bonchev–Trinajstić information content (AvgIpc) is 2.64. The number of piperidine rings is 1. The van der Waals surface area contributed by atoms with E-state index in [0.717, 1.165) is 18.4 Å². The Hall–Kier alpha value is -1.35. The molecule has 1 N–H and O–H groups in total. The van der Waals surface area contributed by atoms with E-state index in [1.807, 2.05) is 31.2 Å². The van der Waals surface area contributed by atoms with Gasteiger partial charge in [0, 0.05) is 12.1 Å². The first-order valence-corrected chi connectivity index (χ1v) is 7.57. The quantitative estimate of drug-likeness (QED) is 0.920. The molecule has 1 aromatic rings. The van der Waals surface area contributed by atoms with Gasteiger partial charge in [-0.1, -0.05) is 29.8 Å². The molecule has 1 aromatic carbocycles. The maximum Gasteiger partial charge on any atom is 0.311 e. The molecule has 2 fully saturated rings. The SMILES string of the molecule is Cc1ccc(C(C(=O)O)C2C[C@@H]3CC[C@@H](C2)N3C)cc1. The Labute approximate surface area is 120 Å². The topological polar surface area (TPSA) is 40.5 Å². The van der Waals surface area contributed by atoms with Crippen molar-refractivity contribution >= 4 is 5.97 Å². The third kappa shape index (κ3) is 2.35. The lowest BCUT2D eigenvalue weighted by Crippen LogP contribution is -2.42. The lowest BCUT2D eigenvalue weighted by atomic mass is 9.77. The molecule has 2 aliphatic rings. The maximum absolute atomic E-state index is 11.8. The van der Waals surface area contributed by atoms with Crippen LogP contribution in [0.5, 0.6) is 0 Å². The van der Waals surface area contributed by atoms with Crippen LogP contribution in [0.1, 0.15) is 42.7 Å². The van der Waals surface area contributed by atoms with E-state index in [2.05, 4.69) is 11.9 Å². The van der Waals surface area contributed by atoms with Gasteiger partial charge in [0.2, 0.25) is 0 Å². The van der Waals surface area contributed by atoms with Gasteiger partial charge in [-0.25, -0.2) is 0 Å². The van der Waals surface area contributed by atoms with Crippen molar-refractivity contribution in [2.24, 2.45) is 5.92 Å². The molecule has 3 heteroatoms. The summed E-state index contributed by atoms with van der Waals surface area (Å²) in [5, 5.41) is 9.69. The highest BCUT2D eigenvalue weighted by molar-refractivity contribution is 5.76. The molecule has 108 valence electrons. The van der Waals surface area contributed by atoms with Gasteiger partial charge >= 0.3 is 5.97 Å². The van der Waals surface area contributed by atoms with Gasteiger partial charge in [-0.15, -0.1) is 0 Å². The summed E-state index contributed by atoms with van der Waals surface area (Å²) < 4.78 is 0. The van der Waals surface area contributed by atoms with Gasteiger partial charge in [-0.05, 0) is 51.1 Å². The first-order chi connectivity index (χ1) is 9.56. The largest absolute Gasteiger partial charge is 0.481 e. The summed E-state index contributed by atoms with van der Waals surface area (Å²) in [7, 11) is 2.19. The first kappa shape index (κ1) is 13.6. The molecule has 20 heavy (non-hydrogen) atoms. The van der Waals surface area contributed by atoms with E-state index in [1.54, 1.807) is 0 Å². The van der Waals surface area contributed by atoms with Gasteiger partial charge in [0.15, 0.2) is 0 Å². The van der Waals surface area contributed by atoms with Crippen molar-refractivity contribution < 1.29 is 9.90 Å². The summed E-state index contributed by atoms with van der Waals surface area (Å²) >= 11 is 0. The van der Waals surface area contributed by atoms with Crippen LogP contribution in [0.25, 0.3) is 0 Å². The number of hydrogen-bond acceptors (Lipinski definition) is 2. The fourth-order valence-electron chi connectivity index (χ4n) is 4.12. The summed E-state index contributed by atoms with van der Waals surface area (Å²) in [6, 6.07) is 9.21. The molecule has 3 atom stereocenters. The first-order valence-electron chi connectivity index (χ1n) is 7.57. The standard InChI is InChI=1S/C17H23NO2/c1-11-3-5-12(6-4-11)16(17(19)20)13-9-14-7-8-15(10-13)18(14)2/h3-6,13-16H,7-10H2,1-2H3,(H,19,20)/t14-,15-,16?/m0/s1. The lowest BCUT2D eigenvalue weighted by molar-refractivity contribution is -0.141. The van der Waals surface area contributed by atoms with Crippen molar-refractivity contribution in [1.82, 2.24) is 4.90 Å². The van der Waals surface area contributed by atoms with E-state index >= 15 is 0 Å². The highest BCUT2D eigenvalue weighted by atomic mass is 16.4. The van der Waals surface area contributed by atoms with E-state index in [1.165, 1.54) is 18.4 Å². The molecule has 2 bridgehead atoms. The summed E-state index contributed by atoms with van der Waals surface area (Å²) in [6.45, 7) is 2.04. The van der Waals surface area contributed by atoms with Gasteiger partial charge < -0.3 is 10.0 Å². The Morgan fingerprint density at radius 2 is 1.75 bits per heavy atom. The molecule has 0 aromatic heterocycles. The lowest BCUT2D eigenvalue weighted by Gasteiger charge is -2.38. The fourth-order valence-corrected chi connectivity index (χ4v) is 4.12. The number of aliphatic carboxylic acids is 1. The number of nitrogens with zero attached hydrogens (tertiary/aromatic N) is 1. The van der Waals surface area contributed by atoms with Gasteiger partial charge in [-0.3, -0.25) is 4.79 Å². The maximum atomic E-state index is 11.8. The summed E-state index contributed by atoms with van der Waals surface area (Å²) in [5.74, 6) is -0.723. The number of carbonyl (C=O) groups is 1. The number of benzene rings is 1. The molecule has 3 nitrogen and oxygen atoms in total. The number of hydrogen-bond donors (Lipinski definition) is 1. The highest BCUT2D eigenvalue weighted by Crippen LogP contribution is 2.43. The van der Waals surface area contributed by atoms with E-state index in [-0.39, 0.29) is 11.8 Å². The van der Waals surface area contributed by atoms with E-state index in [0.29, 0.717) is 12.1 Å². The Balaban J connectivity index is 1.85. The van der Waals surface area contributed by atoms with E-state index < -0.39 is 5.97 Å². The van der Waals surface area contributed by atoms with Crippen molar-refractivity contribution in [3.8, 4) is 0 Å². The van der Waals surface area contributed by atoms with Gasteiger partial charge in [-0.2, -0.15) is 0 Å². The van der Waals surface area contributed by atoms with Crippen LogP contribution in [0.2, 0.25) is 0 Å². The number of carboxylic acid groups (broad SMARTS) is 1. The van der Waals surface area contributed by atoms with Crippen molar-refractivity contribution in [2.45, 2.75) is 50.6 Å². The monoisotopic (exact) mass is 273 g/mol. The van der Waals surface area contributed by atoms with Crippen LogP contribution in [0, 0.1) is 12.8 Å². The zero-order chi connectivity index (χ0) is 14.3. The van der Waals surface area contributed by atoms with Gasteiger partial charge in [0.25, 0.3) is 0 Å². The summed E-state index contributed by atoms with van der Waals surface area (Å²) in [6.07, 6.45) is 4.52.